The lowest BCUT2D eigenvalue weighted by atomic mass is 10.1. The summed E-state index contributed by atoms with van der Waals surface area (Å²) in [5.74, 6) is -0.710. The van der Waals surface area contributed by atoms with E-state index >= 15 is 0 Å². The molecule has 0 heterocycles. The first-order valence-corrected chi connectivity index (χ1v) is 7.39. The van der Waals surface area contributed by atoms with E-state index in [-0.39, 0.29) is 13.0 Å². The first-order valence-electron chi connectivity index (χ1n) is 7.39. The van der Waals surface area contributed by atoms with Gasteiger partial charge in [-0.2, -0.15) is 0 Å². The second-order valence-corrected chi connectivity index (χ2v) is 5.09. The van der Waals surface area contributed by atoms with Crippen molar-refractivity contribution in [3.05, 3.63) is 60.2 Å². The molecule has 0 fully saturated rings. The highest BCUT2D eigenvalue weighted by atomic mass is 16.5. The van der Waals surface area contributed by atoms with Gasteiger partial charge in [-0.1, -0.05) is 30.3 Å². The zero-order chi connectivity index (χ0) is 17.4. The van der Waals surface area contributed by atoms with Crippen molar-refractivity contribution in [3.63, 3.8) is 0 Å². The monoisotopic (exact) mass is 328 g/mol. The van der Waals surface area contributed by atoms with Gasteiger partial charge in [0, 0.05) is 0 Å². The van der Waals surface area contributed by atoms with Gasteiger partial charge < -0.3 is 24.7 Å². The van der Waals surface area contributed by atoms with Crippen molar-refractivity contribution < 1.29 is 24.2 Å². The molecular formula is C18H18NO5-. The van der Waals surface area contributed by atoms with E-state index in [0.29, 0.717) is 11.5 Å². The van der Waals surface area contributed by atoms with E-state index in [1.54, 1.807) is 55.6 Å². The number of benzene rings is 2. The van der Waals surface area contributed by atoms with Crippen molar-refractivity contribution in [1.29, 1.82) is 0 Å². The predicted molar refractivity (Wildman–Crippen MR) is 85.6 cm³/mol. The molecule has 0 aromatic heterocycles. The number of carboxylic acid groups (broad SMARTS) is 1. The molecule has 0 aliphatic carbocycles. The Morgan fingerprint density at radius 3 is 2.25 bits per heavy atom. The van der Waals surface area contributed by atoms with Crippen molar-refractivity contribution in [2.45, 2.75) is 12.5 Å². The van der Waals surface area contributed by atoms with Gasteiger partial charge in [0.15, 0.2) is 6.61 Å². The first kappa shape index (κ1) is 17.3. The molecule has 2 aromatic carbocycles. The number of carbonyl (C=O) groups excluding carboxylic acids is 2. The molecule has 6 heteroatoms. The zero-order valence-corrected chi connectivity index (χ0v) is 13.2. The van der Waals surface area contributed by atoms with Crippen LogP contribution in [0.2, 0.25) is 0 Å². The van der Waals surface area contributed by atoms with Crippen LogP contribution in [0.5, 0.6) is 11.5 Å². The molecule has 1 amide bonds. The summed E-state index contributed by atoms with van der Waals surface area (Å²) in [5.41, 5.74) is 0.795. The fourth-order valence-electron chi connectivity index (χ4n) is 2.10. The number of methoxy groups -OCH3 is 1. The number of hydrogen-bond donors (Lipinski definition) is 1. The third kappa shape index (κ3) is 5.31. The summed E-state index contributed by atoms with van der Waals surface area (Å²) >= 11 is 0. The maximum atomic E-state index is 11.9. The van der Waals surface area contributed by atoms with Crippen LogP contribution < -0.4 is 19.9 Å². The summed E-state index contributed by atoms with van der Waals surface area (Å²) in [5, 5.41) is 13.6. The highest BCUT2D eigenvalue weighted by molar-refractivity contribution is 5.83. The molecule has 1 N–H and O–H groups in total. The Hall–Kier alpha value is -3.02. The molecular weight excluding hydrogens is 310 g/mol. The van der Waals surface area contributed by atoms with Crippen molar-refractivity contribution in [2.24, 2.45) is 0 Å². The Morgan fingerprint density at radius 2 is 1.67 bits per heavy atom. The molecule has 0 radical (unpaired) electrons. The van der Waals surface area contributed by atoms with Gasteiger partial charge >= 0.3 is 0 Å². The topological polar surface area (TPSA) is 87.7 Å². The quantitative estimate of drug-likeness (QED) is 0.765. The number of amides is 1. The number of carboxylic acids is 1. The summed E-state index contributed by atoms with van der Waals surface area (Å²) in [6.07, 6.45) is 0.150. The van der Waals surface area contributed by atoms with Gasteiger partial charge in [0.2, 0.25) is 0 Å². The van der Waals surface area contributed by atoms with Crippen LogP contribution in [0.1, 0.15) is 5.56 Å². The van der Waals surface area contributed by atoms with Gasteiger partial charge in [-0.3, -0.25) is 4.79 Å². The van der Waals surface area contributed by atoms with Gasteiger partial charge in [0.1, 0.15) is 11.5 Å². The van der Waals surface area contributed by atoms with Crippen molar-refractivity contribution >= 4 is 11.9 Å². The molecule has 0 saturated heterocycles. The highest BCUT2D eigenvalue weighted by Gasteiger charge is 2.14. The largest absolute Gasteiger partial charge is 0.548 e. The Morgan fingerprint density at radius 1 is 1.04 bits per heavy atom. The van der Waals surface area contributed by atoms with Crippen LogP contribution in [-0.2, 0) is 16.0 Å². The third-order valence-corrected chi connectivity index (χ3v) is 3.33. The van der Waals surface area contributed by atoms with E-state index < -0.39 is 17.9 Å². The second kappa shape index (κ2) is 8.57. The summed E-state index contributed by atoms with van der Waals surface area (Å²) < 4.78 is 10.3. The molecule has 0 aliphatic rings. The lowest BCUT2D eigenvalue weighted by molar-refractivity contribution is -0.308. The van der Waals surface area contributed by atoms with E-state index in [0.717, 1.165) is 5.56 Å². The fourth-order valence-corrected chi connectivity index (χ4v) is 2.10. The fraction of sp³-hybridized carbons (Fsp3) is 0.222. The Kier molecular flexibility index (Phi) is 6.19. The Labute approximate surface area is 140 Å². The van der Waals surface area contributed by atoms with Crippen molar-refractivity contribution in [2.75, 3.05) is 13.7 Å². The number of rotatable bonds is 8. The van der Waals surface area contributed by atoms with Crippen LogP contribution in [0, 0.1) is 0 Å². The smallest absolute Gasteiger partial charge is 0.258 e. The standard InChI is InChI=1S/C18H19NO5/c1-23-14-7-9-15(10-8-14)24-12-17(20)19-16(18(21)22)11-13-5-3-2-4-6-13/h2-10,16H,11-12H2,1H3,(H,19,20)(H,21,22)/p-1. The predicted octanol–water partition coefficient (Wildman–Crippen LogP) is 0.551. The van der Waals surface area contributed by atoms with Crippen LogP contribution in [0.25, 0.3) is 0 Å². The molecule has 6 nitrogen and oxygen atoms in total. The Bertz CT molecular complexity index is 670. The summed E-state index contributed by atoms with van der Waals surface area (Å²) in [7, 11) is 1.55. The van der Waals surface area contributed by atoms with Crippen molar-refractivity contribution in [1.82, 2.24) is 5.32 Å². The SMILES string of the molecule is COc1ccc(OCC(=O)NC(Cc2ccccc2)C(=O)[O-])cc1. The second-order valence-electron chi connectivity index (χ2n) is 5.09. The van der Waals surface area contributed by atoms with E-state index in [1.165, 1.54) is 0 Å². The first-order chi connectivity index (χ1) is 11.6. The van der Waals surface area contributed by atoms with Crippen LogP contribution in [0.3, 0.4) is 0 Å². The minimum atomic E-state index is -1.34. The number of nitrogens with one attached hydrogen (secondary N) is 1. The van der Waals surface area contributed by atoms with Crippen LogP contribution in [0.4, 0.5) is 0 Å². The molecule has 0 saturated carbocycles. The van der Waals surface area contributed by atoms with Crippen molar-refractivity contribution in [3.8, 4) is 11.5 Å². The van der Waals surface area contributed by atoms with E-state index in [1.807, 2.05) is 6.07 Å². The maximum absolute atomic E-state index is 11.9. The van der Waals surface area contributed by atoms with E-state index in [2.05, 4.69) is 5.32 Å². The average Bonchev–Trinajstić information content (AvgIpc) is 2.60. The molecule has 1 unspecified atom stereocenters. The molecule has 2 rings (SSSR count). The number of carbonyl (C=O) groups is 2. The maximum Gasteiger partial charge on any atom is 0.258 e. The third-order valence-electron chi connectivity index (χ3n) is 3.33. The normalized spacial score (nSPS) is 11.4. The van der Waals surface area contributed by atoms with Crippen LogP contribution in [0.15, 0.2) is 54.6 Å². The lowest BCUT2D eigenvalue weighted by Gasteiger charge is -2.20. The molecule has 1 atom stereocenters. The molecule has 0 aliphatic heterocycles. The average molecular weight is 328 g/mol. The van der Waals surface area contributed by atoms with E-state index in [9.17, 15) is 14.7 Å². The molecule has 2 aromatic rings. The Balaban J connectivity index is 1.87. The summed E-state index contributed by atoms with van der Waals surface area (Å²) in [6.45, 7) is -0.287. The zero-order valence-electron chi connectivity index (χ0n) is 13.2. The summed E-state index contributed by atoms with van der Waals surface area (Å²) in [4.78, 5) is 23.1. The molecule has 126 valence electrons. The van der Waals surface area contributed by atoms with Crippen LogP contribution >= 0.6 is 0 Å². The molecule has 24 heavy (non-hydrogen) atoms. The number of hydrogen-bond acceptors (Lipinski definition) is 5. The van der Waals surface area contributed by atoms with Gasteiger partial charge in [0.25, 0.3) is 5.91 Å². The van der Waals surface area contributed by atoms with Gasteiger partial charge in [-0.15, -0.1) is 0 Å². The van der Waals surface area contributed by atoms with Gasteiger partial charge in [-0.25, -0.2) is 0 Å². The number of aliphatic carboxylic acids is 1. The minimum Gasteiger partial charge on any atom is -0.548 e. The van der Waals surface area contributed by atoms with Crippen LogP contribution in [-0.4, -0.2) is 31.6 Å². The lowest BCUT2D eigenvalue weighted by Crippen LogP contribution is -2.50. The van der Waals surface area contributed by atoms with Gasteiger partial charge in [-0.05, 0) is 36.2 Å². The minimum absolute atomic E-state index is 0.150. The molecule has 0 bridgehead atoms. The van der Waals surface area contributed by atoms with Gasteiger partial charge in [0.05, 0.1) is 19.1 Å². The number of ether oxygens (including phenoxy) is 2. The summed E-state index contributed by atoms with van der Waals surface area (Å²) in [6, 6.07) is 14.6. The molecule has 0 spiro atoms. The van der Waals surface area contributed by atoms with E-state index in [4.69, 9.17) is 9.47 Å². The highest BCUT2D eigenvalue weighted by Crippen LogP contribution is 2.16.